The van der Waals surface area contributed by atoms with Crippen LogP contribution in [0.15, 0.2) is 24.3 Å². The summed E-state index contributed by atoms with van der Waals surface area (Å²) in [5.74, 6) is -0.623. The van der Waals surface area contributed by atoms with Gasteiger partial charge in [0.1, 0.15) is 5.82 Å². The van der Waals surface area contributed by atoms with Crippen LogP contribution in [0, 0.1) is 6.92 Å². The summed E-state index contributed by atoms with van der Waals surface area (Å²) in [5, 5.41) is 3.62. The van der Waals surface area contributed by atoms with E-state index in [0.717, 1.165) is 25.7 Å². The summed E-state index contributed by atoms with van der Waals surface area (Å²) in [4.78, 5) is 6.00. The second kappa shape index (κ2) is 7.15. The van der Waals surface area contributed by atoms with Crippen molar-refractivity contribution in [3.63, 3.8) is 0 Å². The van der Waals surface area contributed by atoms with Crippen LogP contribution >= 0.6 is 0 Å². The lowest BCUT2D eigenvalue weighted by atomic mass is 9.67. The van der Waals surface area contributed by atoms with E-state index in [4.69, 9.17) is 5.73 Å². The summed E-state index contributed by atoms with van der Waals surface area (Å²) < 4.78 is 40.0. The van der Waals surface area contributed by atoms with Crippen LogP contribution in [-0.2, 0) is 24.7 Å². The molecule has 1 saturated carbocycles. The van der Waals surface area contributed by atoms with Crippen molar-refractivity contribution in [2.45, 2.75) is 63.3 Å². The zero-order chi connectivity index (χ0) is 19.9. The van der Waals surface area contributed by atoms with Gasteiger partial charge in [-0.05, 0) is 38.2 Å². The van der Waals surface area contributed by atoms with E-state index in [-0.39, 0.29) is 5.41 Å². The number of benzene rings is 1. The molecule has 0 spiro atoms. The van der Waals surface area contributed by atoms with Crippen LogP contribution in [0.2, 0.25) is 0 Å². The molecule has 2 aliphatic rings. The van der Waals surface area contributed by atoms with Gasteiger partial charge in [-0.15, -0.1) is 5.10 Å². The molecule has 2 aromatic rings. The molecule has 8 heteroatoms. The molecule has 2 heterocycles. The molecule has 0 bridgehead atoms. The molecule has 0 radical (unpaired) electrons. The van der Waals surface area contributed by atoms with Crippen molar-refractivity contribution in [3.8, 4) is 0 Å². The molecule has 1 fully saturated rings. The first kappa shape index (κ1) is 19.4. The van der Waals surface area contributed by atoms with Gasteiger partial charge in [-0.3, -0.25) is 4.90 Å². The van der Waals surface area contributed by atoms with Crippen molar-refractivity contribution >= 4 is 0 Å². The second-order valence-corrected chi connectivity index (χ2v) is 8.13. The molecule has 0 amide bonds. The minimum atomic E-state index is -4.49. The van der Waals surface area contributed by atoms with Crippen molar-refractivity contribution in [2.24, 2.45) is 5.73 Å². The van der Waals surface area contributed by atoms with E-state index in [1.54, 1.807) is 0 Å². The number of hydrogen-bond donors (Lipinski definition) is 1. The first-order chi connectivity index (χ1) is 13.3. The second-order valence-electron chi connectivity index (χ2n) is 8.13. The van der Waals surface area contributed by atoms with Gasteiger partial charge in [-0.25, -0.2) is 9.67 Å². The number of nitrogens with two attached hydrogens (primary N) is 1. The highest BCUT2D eigenvalue weighted by atomic mass is 19.4. The smallest absolute Gasteiger partial charge is 0.330 e. The molecule has 4 rings (SSSR count). The summed E-state index contributed by atoms with van der Waals surface area (Å²) in [6.07, 6.45) is -0.519. The molecule has 0 atom stereocenters. The van der Waals surface area contributed by atoms with Crippen molar-refractivity contribution in [1.29, 1.82) is 0 Å². The summed E-state index contributed by atoms with van der Waals surface area (Å²) in [5.41, 5.74) is 8.76. The Hall–Kier alpha value is -1.93. The highest BCUT2D eigenvalue weighted by Gasteiger charge is 2.40. The van der Waals surface area contributed by atoms with E-state index in [9.17, 15) is 13.2 Å². The topological polar surface area (TPSA) is 60.0 Å². The molecule has 0 unspecified atom stereocenters. The maximum absolute atomic E-state index is 12.9. The SMILES string of the molecule is Cc1cccc([C@]2(CN)CC[C@@H](N3CCn4nc(C(F)(F)F)nc4C3)CC2)c1. The quantitative estimate of drug-likeness (QED) is 0.870. The van der Waals surface area contributed by atoms with E-state index in [1.165, 1.54) is 15.8 Å². The monoisotopic (exact) mass is 393 g/mol. The van der Waals surface area contributed by atoms with E-state index in [2.05, 4.69) is 46.2 Å². The number of aromatic nitrogens is 3. The average molecular weight is 393 g/mol. The Morgan fingerprint density at radius 3 is 2.61 bits per heavy atom. The van der Waals surface area contributed by atoms with Crippen LogP contribution in [0.3, 0.4) is 0 Å². The Kier molecular flexibility index (Phi) is 4.95. The van der Waals surface area contributed by atoms with Gasteiger partial charge in [0.05, 0.1) is 13.1 Å². The van der Waals surface area contributed by atoms with Gasteiger partial charge >= 0.3 is 6.18 Å². The Morgan fingerprint density at radius 1 is 1.21 bits per heavy atom. The molecule has 1 aliphatic heterocycles. The Bertz CT molecular complexity index is 837. The summed E-state index contributed by atoms with van der Waals surface area (Å²) in [6.45, 7) is 4.30. The number of aryl methyl sites for hydroxylation is 1. The number of halogens is 3. The Balaban J connectivity index is 1.45. The summed E-state index contributed by atoms with van der Waals surface area (Å²) in [6, 6.07) is 8.93. The molecule has 2 N–H and O–H groups in total. The molecule has 1 aromatic carbocycles. The van der Waals surface area contributed by atoms with Gasteiger partial charge in [0.25, 0.3) is 5.82 Å². The average Bonchev–Trinajstić information content (AvgIpc) is 3.12. The minimum Gasteiger partial charge on any atom is -0.330 e. The van der Waals surface area contributed by atoms with Crippen LogP contribution in [0.4, 0.5) is 13.2 Å². The van der Waals surface area contributed by atoms with E-state index in [1.807, 2.05) is 0 Å². The van der Waals surface area contributed by atoms with Gasteiger partial charge < -0.3 is 5.73 Å². The van der Waals surface area contributed by atoms with E-state index in [0.29, 0.717) is 38.0 Å². The van der Waals surface area contributed by atoms with Gasteiger partial charge in [-0.1, -0.05) is 29.8 Å². The lowest BCUT2D eigenvalue weighted by Gasteiger charge is -2.44. The number of fused-ring (bicyclic) bond motifs is 1. The van der Waals surface area contributed by atoms with Crippen molar-refractivity contribution < 1.29 is 13.2 Å². The maximum Gasteiger partial charge on any atom is 0.453 e. The number of alkyl halides is 3. The largest absolute Gasteiger partial charge is 0.453 e. The molecule has 0 saturated heterocycles. The fourth-order valence-electron chi connectivity index (χ4n) is 4.69. The van der Waals surface area contributed by atoms with Crippen LogP contribution < -0.4 is 5.73 Å². The van der Waals surface area contributed by atoms with Crippen LogP contribution in [0.5, 0.6) is 0 Å². The van der Waals surface area contributed by atoms with Crippen molar-refractivity contribution in [2.75, 3.05) is 13.1 Å². The predicted octanol–water partition coefficient (Wildman–Crippen LogP) is 3.26. The zero-order valence-corrected chi connectivity index (χ0v) is 16.0. The van der Waals surface area contributed by atoms with E-state index < -0.39 is 12.0 Å². The number of rotatable bonds is 3. The lowest BCUT2D eigenvalue weighted by Crippen LogP contribution is -2.47. The fourth-order valence-corrected chi connectivity index (χ4v) is 4.69. The molecular formula is C20H26F3N5. The first-order valence-corrected chi connectivity index (χ1v) is 9.83. The molecule has 152 valence electrons. The normalized spacial score (nSPS) is 26.2. The Morgan fingerprint density at radius 2 is 1.96 bits per heavy atom. The number of hydrogen-bond acceptors (Lipinski definition) is 4. The highest BCUT2D eigenvalue weighted by Crippen LogP contribution is 2.41. The highest BCUT2D eigenvalue weighted by molar-refractivity contribution is 5.31. The minimum absolute atomic E-state index is 0.00177. The molecule has 28 heavy (non-hydrogen) atoms. The third-order valence-electron chi connectivity index (χ3n) is 6.40. The summed E-state index contributed by atoms with van der Waals surface area (Å²) in [7, 11) is 0. The first-order valence-electron chi connectivity index (χ1n) is 9.83. The maximum atomic E-state index is 12.9. The number of nitrogens with zero attached hydrogens (tertiary/aromatic N) is 4. The van der Waals surface area contributed by atoms with Gasteiger partial charge in [0, 0.05) is 24.5 Å². The predicted molar refractivity (Wildman–Crippen MR) is 99.6 cm³/mol. The molecule has 1 aliphatic carbocycles. The van der Waals surface area contributed by atoms with Gasteiger partial charge in [-0.2, -0.15) is 13.2 Å². The lowest BCUT2D eigenvalue weighted by molar-refractivity contribution is -0.145. The third kappa shape index (κ3) is 3.55. The van der Waals surface area contributed by atoms with Crippen LogP contribution in [0.25, 0.3) is 0 Å². The molecule has 1 aromatic heterocycles. The van der Waals surface area contributed by atoms with Crippen molar-refractivity contribution in [1.82, 2.24) is 19.7 Å². The third-order valence-corrected chi connectivity index (χ3v) is 6.40. The fraction of sp³-hybridized carbons (Fsp3) is 0.600. The van der Waals surface area contributed by atoms with Crippen LogP contribution in [0.1, 0.15) is 48.5 Å². The van der Waals surface area contributed by atoms with Crippen LogP contribution in [-0.4, -0.2) is 38.8 Å². The van der Waals surface area contributed by atoms with Crippen molar-refractivity contribution in [3.05, 3.63) is 47.0 Å². The summed E-state index contributed by atoms with van der Waals surface area (Å²) >= 11 is 0. The Labute approximate surface area is 162 Å². The van der Waals surface area contributed by atoms with E-state index >= 15 is 0 Å². The van der Waals surface area contributed by atoms with Gasteiger partial charge in [0.2, 0.25) is 0 Å². The standard InChI is InChI=1S/C20H26F3N5/c1-14-3-2-4-15(11-14)19(13-24)7-5-16(6-8-19)27-9-10-28-17(12-27)25-18(26-28)20(21,22)23/h2-4,11,16H,5-10,12-13,24H2,1H3/t16-,19-. The molecular weight excluding hydrogens is 367 g/mol. The molecule has 5 nitrogen and oxygen atoms in total. The van der Waals surface area contributed by atoms with Gasteiger partial charge in [0.15, 0.2) is 0 Å². The zero-order valence-electron chi connectivity index (χ0n) is 16.0.